The van der Waals surface area contributed by atoms with Gasteiger partial charge in [-0.3, -0.25) is 9.78 Å². The van der Waals surface area contributed by atoms with E-state index in [0.29, 0.717) is 28.2 Å². The fourth-order valence-electron chi connectivity index (χ4n) is 2.04. The molecule has 0 atom stereocenters. The lowest BCUT2D eigenvalue weighted by molar-refractivity contribution is 0.405. The van der Waals surface area contributed by atoms with Gasteiger partial charge in [0.25, 0.3) is 5.56 Å². The summed E-state index contributed by atoms with van der Waals surface area (Å²) < 4.78 is 10.5. The number of hydrogen-bond donors (Lipinski definition) is 2. The molecule has 0 saturated carbocycles. The highest BCUT2D eigenvalue weighted by atomic mass is 35.5. The molecule has 0 fully saturated rings. The Balaban J connectivity index is 2.39. The van der Waals surface area contributed by atoms with Crippen LogP contribution in [-0.4, -0.2) is 24.2 Å². The number of aromatic nitrogens is 2. The smallest absolute Gasteiger partial charge is 0.252 e. The van der Waals surface area contributed by atoms with Gasteiger partial charge in [-0.15, -0.1) is 0 Å². The number of ether oxygens (including phenoxy) is 2. The minimum atomic E-state index is -0.208. The number of hydrogen-bond acceptors (Lipinski definition) is 5. The highest BCUT2D eigenvalue weighted by molar-refractivity contribution is 6.32. The Hall–Kier alpha value is -2.21. The lowest BCUT2D eigenvalue weighted by Gasteiger charge is -2.13. The van der Waals surface area contributed by atoms with Crippen molar-refractivity contribution in [3.05, 3.63) is 39.3 Å². The molecule has 2 N–H and O–H groups in total. The summed E-state index contributed by atoms with van der Waals surface area (Å²) in [6, 6.07) is 4.82. The largest absolute Gasteiger partial charge is 0.495 e. The van der Waals surface area contributed by atoms with Crippen LogP contribution in [0.2, 0.25) is 5.02 Å². The molecule has 1 aromatic carbocycles. The summed E-state index contributed by atoms with van der Waals surface area (Å²) >= 11 is 6.07. The number of methoxy groups -OCH3 is 2. The van der Waals surface area contributed by atoms with E-state index in [2.05, 4.69) is 15.3 Å². The van der Waals surface area contributed by atoms with Gasteiger partial charge >= 0.3 is 0 Å². The van der Waals surface area contributed by atoms with Crippen LogP contribution >= 0.6 is 11.6 Å². The summed E-state index contributed by atoms with van der Waals surface area (Å²) in [4.78, 5) is 18.7. The van der Waals surface area contributed by atoms with Crippen molar-refractivity contribution in [1.82, 2.24) is 9.97 Å². The molecular weight excluding hydrogens is 306 g/mol. The Morgan fingerprint density at radius 3 is 2.59 bits per heavy atom. The van der Waals surface area contributed by atoms with E-state index < -0.39 is 0 Å². The quantitative estimate of drug-likeness (QED) is 0.854. The maximum Gasteiger partial charge on any atom is 0.252 e. The SMILES string of the molecule is CCCc1cc(=O)[nH]c(Nc2cc(OC)c(Cl)cc2OC)n1. The van der Waals surface area contributed by atoms with Gasteiger partial charge in [-0.25, -0.2) is 4.98 Å². The fourth-order valence-corrected chi connectivity index (χ4v) is 2.27. The van der Waals surface area contributed by atoms with E-state index >= 15 is 0 Å². The molecular formula is C15H18ClN3O3. The number of rotatable bonds is 6. The molecule has 0 amide bonds. The molecule has 118 valence electrons. The van der Waals surface area contributed by atoms with Gasteiger partial charge in [-0.2, -0.15) is 0 Å². The van der Waals surface area contributed by atoms with E-state index in [1.54, 1.807) is 12.1 Å². The number of H-pyrrole nitrogens is 1. The predicted molar refractivity (Wildman–Crippen MR) is 86.7 cm³/mol. The van der Waals surface area contributed by atoms with Crippen LogP contribution in [0.1, 0.15) is 19.0 Å². The molecule has 2 rings (SSSR count). The molecule has 0 aliphatic heterocycles. The van der Waals surface area contributed by atoms with Crippen molar-refractivity contribution in [3.8, 4) is 11.5 Å². The van der Waals surface area contributed by atoms with E-state index in [-0.39, 0.29) is 5.56 Å². The number of halogens is 1. The van der Waals surface area contributed by atoms with E-state index in [1.807, 2.05) is 6.92 Å². The molecule has 7 heteroatoms. The van der Waals surface area contributed by atoms with Gasteiger partial charge in [0.1, 0.15) is 11.5 Å². The molecule has 0 aliphatic carbocycles. The molecule has 1 aromatic heterocycles. The van der Waals surface area contributed by atoms with Crippen LogP contribution in [0.25, 0.3) is 0 Å². The van der Waals surface area contributed by atoms with Crippen molar-refractivity contribution < 1.29 is 9.47 Å². The van der Waals surface area contributed by atoms with Crippen LogP contribution in [0.4, 0.5) is 11.6 Å². The van der Waals surface area contributed by atoms with Gasteiger partial charge in [0.05, 0.1) is 24.9 Å². The third-order valence-electron chi connectivity index (χ3n) is 3.03. The summed E-state index contributed by atoms with van der Waals surface area (Å²) in [5, 5.41) is 3.47. The zero-order valence-electron chi connectivity index (χ0n) is 12.7. The topological polar surface area (TPSA) is 76.2 Å². The first kappa shape index (κ1) is 16.2. The van der Waals surface area contributed by atoms with Gasteiger partial charge in [0.2, 0.25) is 5.95 Å². The lowest BCUT2D eigenvalue weighted by Crippen LogP contribution is -2.12. The highest BCUT2D eigenvalue weighted by Crippen LogP contribution is 2.36. The number of aryl methyl sites for hydroxylation is 1. The molecule has 0 radical (unpaired) electrons. The predicted octanol–water partition coefficient (Wildman–Crippen LogP) is 3.14. The second-order valence-electron chi connectivity index (χ2n) is 4.65. The minimum Gasteiger partial charge on any atom is -0.495 e. The fraction of sp³-hybridized carbons (Fsp3) is 0.333. The number of nitrogens with zero attached hydrogens (tertiary/aromatic N) is 1. The first-order chi connectivity index (χ1) is 10.6. The zero-order valence-corrected chi connectivity index (χ0v) is 13.5. The van der Waals surface area contributed by atoms with Crippen molar-refractivity contribution in [1.29, 1.82) is 0 Å². The van der Waals surface area contributed by atoms with E-state index in [9.17, 15) is 4.79 Å². The van der Waals surface area contributed by atoms with Crippen molar-refractivity contribution in [2.24, 2.45) is 0 Å². The zero-order chi connectivity index (χ0) is 16.1. The van der Waals surface area contributed by atoms with Crippen LogP contribution in [-0.2, 0) is 6.42 Å². The van der Waals surface area contributed by atoms with E-state index in [1.165, 1.54) is 20.3 Å². The Kier molecular flexibility index (Phi) is 5.27. The average Bonchev–Trinajstić information content (AvgIpc) is 2.48. The summed E-state index contributed by atoms with van der Waals surface area (Å²) in [6.45, 7) is 2.03. The lowest BCUT2D eigenvalue weighted by atomic mass is 10.2. The number of benzene rings is 1. The Morgan fingerprint density at radius 1 is 1.23 bits per heavy atom. The van der Waals surface area contributed by atoms with Crippen LogP contribution in [0.15, 0.2) is 23.0 Å². The standard InChI is InChI=1S/C15H18ClN3O3/c1-4-5-9-6-14(20)19-15(17-9)18-11-8-12(21-2)10(16)7-13(11)22-3/h6-8H,4-5H2,1-3H3,(H2,17,18,19,20). The third kappa shape index (κ3) is 3.71. The first-order valence-corrected chi connectivity index (χ1v) is 7.24. The van der Waals surface area contributed by atoms with Gasteiger partial charge < -0.3 is 14.8 Å². The average molecular weight is 324 g/mol. The van der Waals surface area contributed by atoms with Crippen molar-refractivity contribution in [2.75, 3.05) is 19.5 Å². The van der Waals surface area contributed by atoms with Crippen LogP contribution in [0.3, 0.4) is 0 Å². The normalized spacial score (nSPS) is 10.4. The molecule has 22 heavy (non-hydrogen) atoms. The van der Waals surface area contributed by atoms with Gasteiger partial charge in [-0.1, -0.05) is 24.9 Å². The van der Waals surface area contributed by atoms with Crippen molar-refractivity contribution in [3.63, 3.8) is 0 Å². The van der Waals surface area contributed by atoms with Crippen LogP contribution in [0, 0.1) is 0 Å². The van der Waals surface area contributed by atoms with Crippen molar-refractivity contribution >= 4 is 23.2 Å². The van der Waals surface area contributed by atoms with Gasteiger partial charge in [0.15, 0.2) is 0 Å². The van der Waals surface area contributed by atoms with Gasteiger partial charge in [-0.05, 0) is 6.42 Å². The molecule has 0 saturated heterocycles. The van der Waals surface area contributed by atoms with E-state index in [4.69, 9.17) is 21.1 Å². The van der Waals surface area contributed by atoms with Gasteiger partial charge in [0, 0.05) is 23.9 Å². The molecule has 0 aliphatic rings. The monoisotopic (exact) mass is 323 g/mol. The maximum atomic E-state index is 11.7. The molecule has 0 unspecified atom stereocenters. The highest BCUT2D eigenvalue weighted by Gasteiger charge is 2.11. The molecule has 1 heterocycles. The van der Waals surface area contributed by atoms with Crippen molar-refractivity contribution in [2.45, 2.75) is 19.8 Å². The molecule has 2 aromatic rings. The molecule has 6 nitrogen and oxygen atoms in total. The molecule has 0 spiro atoms. The minimum absolute atomic E-state index is 0.208. The summed E-state index contributed by atoms with van der Waals surface area (Å²) in [5.74, 6) is 1.37. The summed E-state index contributed by atoms with van der Waals surface area (Å²) in [6.07, 6.45) is 1.65. The third-order valence-corrected chi connectivity index (χ3v) is 3.32. The Morgan fingerprint density at radius 2 is 1.95 bits per heavy atom. The molecule has 0 bridgehead atoms. The second kappa shape index (κ2) is 7.17. The number of anilines is 2. The maximum absolute atomic E-state index is 11.7. The summed E-state index contributed by atoms with van der Waals surface area (Å²) in [5.41, 5.74) is 1.12. The Labute approximate surface area is 133 Å². The van der Waals surface area contributed by atoms with Crippen LogP contribution in [0.5, 0.6) is 11.5 Å². The first-order valence-electron chi connectivity index (χ1n) is 6.86. The van der Waals surface area contributed by atoms with Crippen LogP contribution < -0.4 is 20.3 Å². The summed E-state index contributed by atoms with van der Waals surface area (Å²) in [7, 11) is 3.06. The second-order valence-corrected chi connectivity index (χ2v) is 5.05. The van der Waals surface area contributed by atoms with E-state index in [0.717, 1.165) is 18.5 Å². The Bertz CT molecular complexity index is 716. The number of aromatic amines is 1. The number of nitrogens with one attached hydrogen (secondary N) is 2.